The summed E-state index contributed by atoms with van der Waals surface area (Å²) in [7, 11) is 0. The summed E-state index contributed by atoms with van der Waals surface area (Å²) in [5.74, 6) is -0.326. The van der Waals surface area contributed by atoms with E-state index in [0.29, 0.717) is 16.9 Å². The number of hydrogen-bond acceptors (Lipinski definition) is 2. The molecule has 0 heterocycles. The molecule has 0 unspecified atom stereocenters. The van der Waals surface area contributed by atoms with Crippen molar-refractivity contribution >= 4 is 24.0 Å². The van der Waals surface area contributed by atoms with Gasteiger partial charge in [0.2, 0.25) is 0 Å². The Labute approximate surface area is 81.5 Å². The third-order valence-corrected chi connectivity index (χ3v) is 2.16. The van der Waals surface area contributed by atoms with Crippen molar-refractivity contribution in [1.82, 2.24) is 0 Å². The maximum Gasteiger partial charge on any atom is 0.184 e. The third-order valence-electron chi connectivity index (χ3n) is 1.65. The number of rotatable bonds is 2. The van der Waals surface area contributed by atoms with E-state index in [1.54, 1.807) is 6.07 Å². The molecule has 0 fully saturated rings. The van der Waals surface area contributed by atoms with Gasteiger partial charge in [-0.25, -0.2) is 0 Å². The number of hydrogen-bond donors (Lipinski definition) is 1. The van der Waals surface area contributed by atoms with E-state index in [4.69, 9.17) is 16.7 Å². The van der Waals surface area contributed by atoms with E-state index in [2.05, 4.69) is 0 Å². The van der Waals surface area contributed by atoms with E-state index < -0.39 is 0 Å². The zero-order valence-corrected chi connectivity index (χ0v) is 7.88. The van der Waals surface area contributed by atoms with Gasteiger partial charge in [0.1, 0.15) is 0 Å². The molecule has 0 aliphatic rings. The Morgan fingerprint density at radius 1 is 1.54 bits per heavy atom. The second-order valence-corrected chi connectivity index (χ2v) is 3.04. The van der Waals surface area contributed by atoms with Crippen LogP contribution in [-0.4, -0.2) is 11.4 Å². The van der Waals surface area contributed by atoms with Crippen LogP contribution in [-0.2, 0) is 4.79 Å². The van der Waals surface area contributed by atoms with E-state index in [1.165, 1.54) is 6.08 Å². The standard InChI is InChI=1S/C10H9ClO2/c1-7-3-2-4-8(10(7)11)5-9(13)6-12/h2-6,13H,1H3/b9-5+. The van der Waals surface area contributed by atoms with Crippen LogP contribution in [0.5, 0.6) is 0 Å². The van der Waals surface area contributed by atoms with E-state index >= 15 is 0 Å². The summed E-state index contributed by atoms with van der Waals surface area (Å²) >= 11 is 5.92. The lowest BCUT2D eigenvalue weighted by molar-refractivity contribution is -0.106. The minimum atomic E-state index is -0.326. The van der Waals surface area contributed by atoms with Gasteiger partial charge in [0.05, 0.1) is 5.02 Å². The van der Waals surface area contributed by atoms with Crippen molar-refractivity contribution in [2.75, 3.05) is 0 Å². The molecular weight excluding hydrogens is 188 g/mol. The van der Waals surface area contributed by atoms with Crippen LogP contribution in [0.1, 0.15) is 11.1 Å². The molecule has 1 rings (SSSR count). The van der Waals surface area contributed by atoms with Gasteiger partial charge in [0.25, 0.3) is 0 Å². The molecule has 2 nitrogen and oxygen atoms in total. The molecule has 3 heteroatoms. The topological polar surface area (TPSA) is 37.3 Å². The van der Waals surface area contributed by atoms with Gasteiger partial charge in [0, 0.05) is 0 Å². The van der Waals surface area contributed by atoms with Crippen molar-refractivity contribution in [3.8, 4) is 0 Å². The van der Waals surface area contributed by atoms with Gasteiger partial charge >= 0.3 is 0 Å². The molecule has 0 aliphatic carbocycles. The van der Waals surface area contributed by atoms with Gasteiger partial charge in [-0.2, -0.15) is 0 Å². The average Bonchev–Trinajstić information content (AvgIpc) is 2.13. The molecule has 0 spiro atoms. The fourth-order valence-electron chi connectivity index (χ4n) is 0.975. The summed E-state index contributed by atoms with van der Waals surface area (Å²) in [5, 5.41) is 9.51. The highest BCUT2D eigenvalue weighted by atomic mass is 35.5. The maximum atomic E-state index is 10.1. The second kappa shape index (κ2) is 4.10. The van der Waals surface area contributed by atoms with Gasteiger partial charge in [-0.05, 0) is 24.1 Å². The Bertz CT molecular complexity index is 356. The van der Waals surface area contributed by atoms with Crippen LogP contribution in [0.4, 0.5) is 0 Å². The Balaban J connectivity index is 3.16. The SMILES string of the molecule is Cc1cccc(/C=C(/O)C=O)c1Cl. The Morgan fingerprint density at radius 3 is 2.85 bits per heavy atom. The summed E-state index contributed by atoms with van der Waals surface area (Å²) in [4.78, 5) is 10.1. The zero-order chi connectivity index (χ0) is 9.84. The van der Waals surface area contributed by atoms with Crippen LogP contribution in [0.25, 0.3) is 6.08 Å². The molecule has 0 aliphatic heterocycles. The molecule has 1 aromatic carbocycles. The van der Waals surface area contributed by atoms with Gasteiger partial charge in [-0.3, -0.25) is 4.79 Å². The Hall–Kier alpha value is -1.28. The molecule has 0 saturated heterocycles. The number of aliphatic hydroxyl groups is 1. The number of allylic oxidation sites excluding steroid dienone is 1. The third kappa shape index (κ3) is 2.33. The summed E-state index contributed by atoms with van der Waals surface area (Å²) in [5.41, 5.74) is 1.56. The molecule has 0 aromatic heterocycles. The van der Waals surface area contributed by atoms with Crippen molar-refractivity contribution in [2.45, 2.75) is 6.92 Å². The fraction of sp³-hybridized carbons (Fsp3) is 0.100. The van der Waals surface area contributed by atoms with Crippen LogP contribution < -0.4 is 0 Å². The molecule has 0 saturated carbocycles. The van der Waals surface area contributed by atoms with E-state index in [0.717, 1.165) is 5.56 Å². The van der Waals surface area contributed by atoms with Gasteiger partial charge < -0.3 is 5.11 Å². The minimum absolute atomic E-state index is 0.326. The number of carbonyl (C=O) groups is 1. The molecule has 13 heavy (non-hydrogen) atoms. The molecule has 68 valence electrons. The predicted molar refractivity (Wildman–Crippen MR) is 52.9 cm³/mol. The predicted octanol–water partition coefficient (Wildman–Crippen LogP) is 2.75. The largest absolute Gasteiger partial charge is 0.505 e. The number of benzene rings is 1. The molecule has 0 atom stereocenters. The van der Waals surface area contributed by atoms with Crippen molar-refractivity contribution in [3.05, 3.63) is 40.1 Å². The Kier molecular flexibility index (Phi) is 3.09. The summed E-state index contributed by atoms with van der Waals surface area (Å²) in [6.45, 7) is 1.86. The van der Waals surface area contributed by atoms with Crippen molar-refractivity contribution < 1.29 is 9.90 Å². The molecule has 0 amide bonds. The monoisotopic (exact) mass is 196 g/mol. The highest BCUT2D eigenvalue weighted by Gasteiger charge is 2.00. The quantitative estimate of drug-likeness (QED) is 0.449. The van der Waals surface area contributed by atoms with Gasteiger partial charge in [-0.15, -0.1) is 0 Å². The molecule has 0 radical (unpaired) electrons. The summed E-state index contributed by atoms with van der Waals surface area (Å²) < 4.78 is 0. The summed E-state index contributed by atoms with van der Waals surface area (Å²) in [6.07, 6.45) is 1.71. The Morgan fingerprint density at radius 2 is 2.23 bits per heavy atom. The highest BCUT2D eigenvalue weighted by molar-refractivity contribution is 6.32. The number of aldehydes is 1. The number of aliphatic hydroxyl groups excluding tert-OH is 1. The minimum Gasteiger partial charge on any atom is -0.505 e. The lowest BCUT2D eigenvalue weighted by Gasteiger charge is -2.01. The molecular formula is C10H9ClO2. The van der Waals surface area contributed by atoms with E-state index in [9.17, 15) is 4.79 Å². The molecule has 1 aromatic rings. The van der Waals surface area contributed by atoms with Crippen LogP contribution >= 0.6 is 11.6 Å². The highest BCUT2D eigenvalue weighted by Crippen LogP contribution is 2.21. The number of aryl methyl sites for hydroxylation is 1. The average molecular weight is 197 g/mol. The lowest BCUT2D eigenvalue weighted by Crippen LogP contribution is -1.84. The van der Waals surface area contributed by atoms with Crippen LogP contribution in [0, 0.1) is 6.92 Å². The fourth-order valence-corrected chi connectivity index (χ4v) is 1.16. The first-order valence-corrected chi connectivity index (χ1v) is 4.14. The van der Waals surface area contributed by atoms with Crippen molar-refractivity contribution in [3.63, 3.8) is 0 Å². The van der Waals surface area contributed by atoms with Crippen LogP contribution in [0.2, 0.25) is 5.02 Å². The summed E-state index contributed by atoms with van der Waals surface area (Å²) in [6, 6.07) is 5.40. The first-order valence-electron chi connectivity index (χ1n) is 3.76. The van der Waals surface area contributed by atoms with Crippen LogP contribution in [0.15, 0.2) is 24.0 Å². The smallest absolute Gasteiger partial charge is 0.184 e. The molecule has 1 N–H and O–H groups in total. The van der Waals surface area contributed by atoms with Crippen LogP contribution in [0.3, 0.4) is 0 Å². The van der Waals surface area contributed by atoms with E-state index in [1.807, 2.05) is 19.1 Å². The van der Waals surface area contributed by atoms with E-state index in [-0.39, 0.29) is 5.76 Å². The lowest BCUT2D eigenvalue weighted by atomic mass is 10.1. The van der Waals surface area contributed by atoms with Crippen molar-refractivity contribution in [2.24, 2.45) is 0 Å². The zero-order valence-electron chi connectivity index (χ0n) is 7.12. The first-order chi connectivity index (χ1) is 6.15. The van der Waals surface area contributed by atoms with Gasteiger partial charge in [0.15, 0.2) is 12.0 Å². The maximum absolute atomic E-state index is 10.1. The first kappa shape index (κ1) is 9.81. The van der Waals surface area contributed by atoms with Gasteiger partial charge in [-0.1, -0.05) is 29.8 Å². The number of halogens is 1. The molecule has 0 bridgehead atoms. The second-order valence-electron chi connectivity index (χ2n) is 2.67. The number of carbonyl (C=O) groups excluding carboxylic acids is 1. The van der Waals surface area contributed by atoms with Crippen molar-refractivity contribution in [1.29, 1.82) is 0 Å². The normalized spacial score (nSPS) is 11.4.